The number of benzene rings is 1. The summed E-state index contributed by atoms with van der Waals surface area (Å²) in [6.45, 7) is 4.08. The number of thiazole rings is 1. The van der Waals surface area contributed by atoms with Gasteiger partial charge in [0.15, 0.2) is 10.9 Å². The summed E-state index contributed by atoms with van der Waals surface area (Å²) in [6.07, 6.45) is 10.3. The molecule has 55 heavy (non-hydrogen) atoms. The SMILES string of the molecule is COc1ccc2c(O[C@H]3CC4C(=O)[C@H](NC(=O)OC5CCCC5)CCCCC/C=C\[C@@H]5C[C@@]5(C(=O)O)NC(=O)[C@@H]4C3)cc(-c3csc(NC(C)C)n3)nc2c1. The Balaban J connectivity index is 1.20. The van der Waals surface area contributed by atoms with Gasteiger partial charge in [-0.3, -0.25) is 9.59 Å². The lowest BCUT2D eigenvalue weighted by Crippen LogP contribution is -2.50. The fourth-order valence-corrected chi connectivity index (χ4v) is 9.16. The number of methoxy groups -OCH3 is 1. The van der Waals surface area contributed by atoms with E-state index in [0.717, 1.165) is 55.5 Å². The second kappa shape index (κ2) is 16.6. The van der Waals surface area contributed by atoms with Crippen LogP contribution in [-0.4, -0.2) is 75.8 Å². The number of hydrogen-bond donors (Lipinski definition) is 4. The molecule has 1 aromatic carbocycles. The number of allylic oxidation sites excluding steroid dienone is 1. The quantitative estimate of drug-likeness (QED) is 0.164. The van der Waals surface area contributed by atoms with Crippen molar-refractivity contribution in [1.29, 1.82) is 0 Å². The molecule has 13 nitrogen and oxygen atoms in total. The van der Waals surface area contributed by atoms with Crippen molar-refractivity contribution in [2.75, 3.05) is 12.4 Å². The highest BCUT2D eigenvalue weighted by atomic mass is 32.1. The van der Waals surface area contributed by atoms with Gasteiger partial charge in [0.1, 0.15) is 34.9 Å². The number of carbonyl (C=O) groups excluding carboxylic acids is 3. The van der Waals surface area contributed by atoms with Gasteiger partial charge < -0.3 is 35.3 Å². The number of nitrogens with zero attached hydrogens (tertiary/aromatic N) is 2. The number of carboxylic acids is 1. The molecular formula is C41H51N5O8S. The summed E-state index contributed by atoms with van der Waals surface area (Å²) in [5.74, 6) is -2.77. The van der Waals surface area contributed by atoms with Gasteiger partial charge in [-0.05, 0) is 90.2 Å². The Hall–Kier alpha value is -4.72. The van der Waals surface area contributed by atoms with Gasteiger partial charge in [-0.25, -0.2) is 19.6 Å². The molecule has 2 amide bonds. The number of pyridine rings is 1. The van der Waals surface area contributed by atoms with E-state index in [2.05, 4.69) is 16.0 Å². The van der Waals surface area contributed by atoms with Crippen LogP contribution in [0.2, 0.25) is 0 Å². The smallest absolute Gasteiger partial charge is 0.407 e. The molecule has 3 fully saturated rings. The number of carboxylic acid groups (broad SMARTS) is 1. The van der Waals surface area contributed by atoms with Gasteiger partial charge in [-0.15, -0.1) is 11.3 Å². The van der Waals surface area contributed by atoms with Crippen molar-refractivity contribution in [2.24, 2.45) is 17.8 Å². The van der Waals surface area contributed by atoms with Crippen LogP contribution < -0.4 is 25.4 Å². The Labute approximate surface area is 325 Å². The molecule has 2 aromatic heterocycles. The van der Waals surface area contributed by atoms with Gasteiger partial charge in [0, 0.05) is 40.8 Å². The molecule has 4 N–H and O–H groups in total. The predicted molar refractivity (Wildman–Crippen MR) is 208 cm³/mol. The molecule has 1 unspecified atom stereocenters. The maximum Gasteiger partial charge on any atom is 0.407 e. The standard InChI is InChI=1S/C41H51N5O8S/c1-23(2)42-39-44-34(22-55-39)33-20-35(28-16-15-26(52-3)19-32(28)43-33)53-27-17-29-30(18-27)37(48)46-41(38(49)50)21-24(41)11-7-5-4-6-8-14-31(36(29)47)45-40(51)54-25-12-9-10-13-25/h7,11,15-16,19-20,22-25,27,29-31H,4-6,8-10,12-14,17-18,21H2,1-3H3,(H,42,44)(H,45,51)(H,46,48)(H,49,50)/b11-7-/t24-,27+,29?,30-,31-,41-/m1/s1. The maximum absolute atomic E-state index is 14.6. The molecule has 1 aliphatic heterocycles. The van der Waals surface area contributed by atoms with Crippen LogP contribution in [-0.2, 0) is 19.1 Å². The first-order valence-corrected chi connectivity index (χ1v) is 20.5. The van der Waals surface area contributed by atoms with Crippen LogP contribution in [0.1, 0.15) is 90.9 Å². The van der Waals surface area contributed by atoms with Crippen molar-refractivity contribution >= 4 is 51.1 Å². The molecule has 0 radical (unpaired) electrons. The number of aliphatic carboxylic acids is 1. The average molecular weight is 774 g/mol. The number of ketones is 1. The van der Waals surface area contributed by atoms with Crippen molar-refractivity contribution in [2.45, 2.75) is 121 Å². The van der Waals surface area contributed by atoms with Crippen LogP contribution in [0.25, 0.3) is 22.3 Å². The van der Waals surface area contributed by atoms with E-state index in [9.17, 15) is 24.3 Å². The molecule has 3 heterocycles. The van der Waals surface area contributed by atoms with Crippen LogP contribution in [0.4, 0.5) is 9.93 Å². The molecule has 3 aliphatic carbocycles. The zero-order valence-electron chi connectivity index (χ0n) is 31.7. The molecule has 0 bridgehead atoms. The first kappa shape index (κ1) is 38.6. The van der Waals surface area contributed by atoms with Gasteiger partial charge in [0.05, 0.1) is 30.3 Å². The minimum Gasteiger partial charge on any atom is -0.497 e. The fourth-order valence-electron chi connectivity index (χ4n) is 8.31. The Morgan fingerprint density at radius 1 is 0.982 bits per heavy atom. The van der Waals surface area contributed by atoms with E-state index >= 15 is 0 Å². The van der Waals surface area contributed by atoms with Crippen LogP contribution in [0.15, 0.2) is 41.8 Å². The molecular weight excluding hydrogens is 723 g/mol. The molecule has 294 valence electrons. The van der Waals surface area contributed by atoms with Crippen molar-refractivity contribution in [3.8, 4) is 22.9 Å². The van der Waals surface area contributed by atoms with Crippen LogP contribution >= 0.6 is 11.3 Å². The number of rotatable bonds is 9. The lowest BCUT2D eigenvalue weighted by atomic mass is 9.86. The summed E-state index contributed by atoms with van der Waals surface area (Å²) in [7, 11) is 1.59. The third-order valence-electron chi connectivity index (χ3n) is 11.4. The Morgan fingerprint density at radius 3 is 2.53 bits per heavy atom. The monoisotopic (exact) mass is 773 g/mol. The van der Waals surface area contributed by atoms with Gasteiger partial charge in [-0.2, -0.15) is 0 Å². The molecule has 0 spiro atoms. The number of aromatic nitrogens is 2. The van der Waals surface area contributed by atoms with E-state index in [1.54, 1.807) is 7.11 Å². The Kier molecular flexibility index (Phi) is 11.6. The average Bonchev–Trinajstić information content (AvgIpc) is 3.58. The number of fused-ring (bicyclic) bond motifs is 3. The van der Waals surface area contributed by atoms with Gasteiger partial charge in [0.25, 0.3) is 0 Å². The number of anilines is 1. The summed E-state index contributed by atoms with van der Waals surface area (Å²) in [5, 5.41) is 22.8. The lowest BCUT2D eigenvalue weighted by Gasteiger charge is -2.25. The van der Waals surface area contributed by atoms with Gasteiger partial charge >= 0.3 is 12.1 Å². The third kappa shape index (κ3) is 8.74. The Bertz CT molecular complexity index is 1940. The zero-order valence-corrected chi connectivity index (χ0v) is 32.5. The summed E-state index contributed by atoms with van der Waals surface area (Å²) < 4.78 is 18.0. The highest BCUT2D eigenvalue weighted by Crippen LogP contribution is 2.47. The molecule has 6 atom stereocenters. The largest absolute Gasteiger partial charge is 0.497 e. The van der Waals surface area contributed by atoms with Crippen LogP contribution in [0, 0.1) is 17.8 Å². The predicted octanol–water partition coefficient (Wildman–Crippen LogP) is 7.05. The number of ether oxygens (including phenoxy) is 3. The number of hydrogen-bond acceptors (Lipinski definition) is 11. The number of carbonyl (C=O) groups is 4. The normalized spacial score (nSPS) is 28.0. The van der Waals surface area contributed by atoms with Crippen LogP contribution in [0.5, 0.6) is 11.5 Å². The summed E-state index contributed by atoms with van der Waals surface area (Å²) in [4.78, 5) is 64.2. The maximum atomic E-state index is 14.6. The van der Waals surface area contributed by atoms with Crippen molar-refractivity contribution in [1.82, 2.24) is 20.6 Å². The van der Waals surface area contributed by atoms with E-state index in [1.807, 2.05) is 55.6 Å². The molecule has 14 heteroatoms. The van der Waals surface area contributed by atoms with Crippen molar-refractivity contribution < 1.29 is 38.5 Å². The minimum atomic E-state index is -1.42. The van der Waals surface area contributed by atoms with E-state index in [4.69, 9.17) is 24.2 Å². The van der Waals surface area contributed by atoms with Gasteiger partial charge in [-0.1, -0.05) is 25.0 Å². The summed E-state index contributed by atoms with van der Waals surface area (Å²) in [6, 6.07) is 6.68. The number of amides is 2. The zero-order chi connectivity index (χ0) is 38.7. The summed E-state index contributed by atoms with van der Waals surface area (Å²) >= 11 is 1.48. The number of Topliss-reactive ketones (excluding diaryl/α,β-unsaturated/α-hetero) is 1. The highest BCUT2D eigenvalue weighted by Gasteiger charge is 2.61. The first-order valence-electron chi connectivity index (χ1n) is 19.6. The second-order valence-electron chi connectivity index (χ2n) is 15.7. The van der Waals surface area contributed by atoms with Crippen molar-refractivity contribution in [3.63, 3.8) is 0 Å². The topological polar surface area (TPSA) is 178 Å². The fraction of sp³-hybridized carbons (Fsp3) is 0.561. The minimum absolute atomic E-state index is 0.173. The van der Waals surface area contributed by atoms with Crippen LogP contribution in [0.3, 0.4) is 0 Å². The molecule has 7 rings (SSSR count). The molecule has 3 aromatic rings. The summed E-state index contributed by atoms with van der Waals surface area (Å²) in [5.41, 5.74) is 0.458. The second-order valence-corrected chi connectivity index (χ2v) is 16.6. The number of alkyl carbamates (subject to hydrolysis) is 1. The van der Waals surface area contributed by atoms with Gasteiger partial charge in [0.2, 0.25) is 5.91 Å². The van der Waals surface area contributed by atoms with E-state index in [0.29, 0.717) is 41.2 Å². The Morgan fingerprint density at radius 2 is 1.76 bits per heavy atom. The lowest BCUT2D eigenvalue weighted by molar-refractivity contribution is -0.144. The molecule has 4 aliphatic rings. The molecule has 0 saturated heterocycles. The highest BCUT2D eigenvalue weighted by molar-refractivity contribution is 7.14. The van der Waals surface area contributed by atoms with E-state index in [-0.39, 0.29) is 43.1 Å². The van der Waals surface area contributed by atoms with E-state index < -0.39 is 47.5 Å². The first-order chi connectivity index (χ1) is 26.5. The van der Waals surface area contributed by atoms with Crippen molar-refractivity contribution in [3.05, 3.63) is 41.8 Å². The third-order valence-corrected chi connectivity index (χ3v) is 12.1. The molecule has 3 saturated carbocycles. The number of nitrogens with one attached hydrogen (secondary N) is 3. The van der Waals surface area contributed by atoms with E-state index in [1.165, 1.54) is 11.3 Å².